The normalized spacial score (nSPS) is 13.5. The number of rotatable bonds is 5. The maximum absolute atomic E-state index is 12.3. The lowest BCUT2D eigenvalue weighted by Crippen LogP contribution is -2.37. The molecule has 0 aliphatic carbocycles. The third-order valence-electron chi connectivity index (χ3n) is 5.31. The first-order valence-corrected chi connectivity index (χ1v) is 10.5. The monoisotopic (exact) mass is 414 g/mol. The lowest BCUT2D eigenvalue weighted by Gasteiger charge is -2.27. The van der Waals surface area contributed by atoms with Gasteiger partial charge in [0, 0.05) is 48.3 Å². The average molecular weight is 415 g/mol. The number of hydrogen-bond acceptors (Lipinski definition) is 3. The molecule has 2 heterocycles. The van der Waals surface area contributed by atoms with E-state index >= 15 is 0 Å². The van der Waals surface area contributed by atoms with Gasteiger partial charge in [-0.3, -0.25) is 9.59 Å². The van der Waals surface area contributed by atoms with Gasteiger partial charge in [0.25, 0.3) is 0 Å². The fraction of sp³-hybridized carbons (Fsp3) is 0.231. The van der Waals surface area contributed by atoms with Crippen LogP contribution in [0.1, 0.15) is 30.7 Å². The molecule has 0 bridgehead atoms. The van der Waals surface area contributed by atoms with E-state index in [0.717, 1.165) is 28.2 Å². The summed E-state index contributed by atoms with van der Waals surface area (Å²) < 4.78 is 6.08. The highest BCUT2D eigenvalue weighted by atomic mass is 16.3. The molecule has 2 aromatic carbocycles. The maximum Gasteiger partial charge on any atom is 0.248 e. The quantitative estimate of drug-likeness (QED) is 0.588. The van der Waals surface area contributed by atoms with Gasteiger partial charge in [0.1, 0.15) is 11.5 Å². The predicted molar refractivity (Wildman–Crippen MR) is 122 cm³/mol. The predicted octanol–water partition coefficient (Wildman–Crippen LogP) is 5.14. The van der Waals surface area contributed by atoms with Crippen molar-refractivity contribution in [3.63, 3.8) is 0 Å². The second-order valence-electron chi connectivity index (χ2n) is 8.04. The van der Waals surface area contributed by atoms with Crippen molar-refractivity contribution in [1.82, 2.24) is 4.90 Å². The van der Waals surface area contributed by atoms with Crippen molar-refractivity contribution in [2.75, 3.05) is 11.9 Å². The van der Waals surface area contributed by atoms with Crippen LogP contribution in [0, 0.1) is 5.92 Å². The van der Waals surface area contributed by atoms with Gasteiger partial charge in [-0.15, -0.1) is 0 Å². The minimum atomic E-state index is -0.192. The van der Waals surface area contributed by atoms with Crippen LogP contribution in [0.3, 0.4) is 0 Å². The summed E-state index contributed by atoms with van der Waals surface area (Å²) in [6.07, 6.45) is 4.02. The molecule has 0 radical (unpaired) electrons. The first kappa shape index (κ1) is 20.7. The molecule has 3 aromatic rings. The first-order chi connectivity index (χ1) is 15.0. The number of amides is 2. The van der Waals surface area contributed by atoms with Crippen molar-refractivity contribution in [3.8, 4) is 11.3 Å². The molecular weight excluding hydrogens is 388 g/mol. The lowest BCUT2D eigenvalue weighted by atomic mass is 10.1. The highest BCUT2D eigenvalue weighted by Gasteiger charge is 2.25. The molecule has 31 heavy (non-hydrogen) atoms. The summed E-state index contributed by atoms with van der Waals surface area (Å²) in [6, 6.07) is 19.3. The van der Waals surface area contributed by atoms with Gasteiger partial charge in [0.05, 0.1) is 0 Å². The van der Waals surface area contributed by atoms with Crippen LogP contribution >= 0.6 is 0 Å². The molecule has 2 amide bonds. The second kappa shape index (κ2) is 9.04. The summed E-state index contributed by atoms with van der Waals surface area (Å²) in [5.74, 6) is 1.65. The van der Waals surface area contributed by atoms with Gasteiger partial charge in [-0.25, -0.2) is 0 Å². The van der Waals surface area contributed by atoms with Crippen LogP contribution in [0.25, 0.3) is 17.4 Å². The Balaban J connectivity index is 1.46. The van der Waals surface area contributed by atoms with E-state index in [1.807, 2.05) is 79.4 Å². The Morgan fingerprint density at radius 2 is 1.87 bits per heavy atom. The first-order valence-electron chi connectivity index (χ1n) is 10.5. The minimum absolute atomic E-state index is 0.0100. The number of nitrogens with zero attached hydrogens (tertiary/aromatic N) is 1. The molecule has 0 saturated carbocycles. The van der Waals surface area contributed by atoms with Gasteiger partial charge >= 0.3 is 0 Å². The van der Waals surface area contributed by atoms with Crippen molar-refractivity contribution < 1.29 is 14.0 Å². The van der Waals surface area contributed by atoms with E-state index in [4.69, 9.17) is 4.42 Å². The van der Waals surface area contributed by atoms with E-state index in [9.17, 15) is 9.59 Å². The topological polar surface area (TPSA) is 62.6 Å². The standard InChI is InChI=1S/C26H26N2O3/c1-18(2)26(30)28-14-13-23-21(17-28)16-24(31-23)20-9-6-10-22(15-20)27-25(29)12-11-19-7-4-3-5-8-19/h3-12,15-16,18H,13-14,17H2,1-2H3,(H,27,29). The molecular formula is C26H26N2O3. The van der Waals surface area contributed by atoms with Crippen molar-refractivity contribution >= 4 is 23.6 Å². The van der Waals surface area contributed by atoms with Crippen LogP contribution in [0.2, 0.25) is 0 Å². The molecule has 1 aromatic heterocycles. The third-order valence-corrected chi connectivity index (χ3v) is 5.31. The van der Waals surface area contributed by atoms with Crippen LogP contribution in [-0.2, 0) is 22.6 Å². The summed E-state index contributed by atoms with van der Waals surface area (Å²) in [6.45, 7) is 5.11. The van der Waals surface area contributed by atoms with Crippen LogP contribution in [-0.4, -0.2) is 23.3 Å². The highest BCUT2D eigenvalue weighted by Crippen LogP contribution is 2.31. The molecule has 0 spiro atoms. The van der Waals surface area contributed by atoms with E-state index in [1.54, 1.807) is 6.08 Å². The Kier molecular flexibility index (Phi) is 6.03. The molecule has 1 N–H and O–H groups in total. The van der Waals surface area contributed by atoms with E-state index in [0.29, 0.717) is 25.2 Å². The molecule has 5 heteroatoms. The number of furan rings is 1. The second-order valence-corrected chi connectivity index (χ2v) is 8.04. The van der Waals surface area contributed by atoms with Gasteiger partial charge in [-0.05, 0) is 29.8 Å². The molecule has 0 unspecified atom stereocenters. The summed E-state index contributed by atoms with van der Waals surface area (Å²) in [5.41, 5.74) is 3.61. The highest BCUT2D eigenvalue weighted by molar-refractivity contribution is 6.02. The Bertz CT molecular complexity index is 1110. The van der Waals surface area contributed by atoms with Crippen LogP contribution in [0.4, 0.5) is 5.69 Å². The van der Waals surface area contributed by atoms with Crippen molar-refractivity contribution in [2.45, 2.75) is 26.8 Å². The van der Waals surface area contributed by atoms with Gasteiger partial charge in [0.15, 0.2) is 0 Å². The largest absolute Gasteiger partial charge is 0.461 e. The smallest absolute Gasteiger partial charge is 0.248 e. The molecule has 4 rings (SSSR count). The van der Waals surface area contributed by atoms with Crippen molar-refractivity contribution in [1.29, 1.82) is 0 Å². The maximum atomic E-state index is 12.3. The van der Waals surface area contributed by atoms with E-state index in [-0.39, 0.29) is 17.7 Å². The zero-order valence-electron chi connectivity index (χ0n) is 17.8. The van der Waals surface area contributed by atoms with Gasteiger partial charge < -0.3 is 14.6 Å². The van der Waals surface area contributed by atoms with Gasteiger partial charge in [-0.2, -0.15) is 0 Å². The number of carbonyl (C=O) groups is 2. The molecule has 5 nitrogen and oxygen atoms in total. The number of hydrogen-bond donors (Lipinski definition) is 1. The Morgan fingerprint density at radius 3 is 2.65 bits per heavy atom. The Hall–Kier alpha value is -3.60. The van der Waals surface area contributed by atoms with Crippen LogP contribution in [0.15, 0.2) is 71.2 Å². The summed E-state index contributed by atoms with van der Waals surface area (Å²) in [4.78, 5) is 26.5. The molecule has 0 atom stereocenters. The summed E-state index contributed by atoms with van der Waals surface area (Å²) >= 11 is 0. The van der Waals surface area contributed by atoms with Crippen molar-refractivity contribution in [3.05, 3.63) is 83.6 Å². The molecule has 0 saturated heterocycles. The minimum Gasteiger partial charge on any atom is -0.461 e. The third kappa shape index (κ3) is 4.94. The molecule has 158 valence electrons. The van der Waals surface area contributed by atoms with E-state index in [1.165, 1.54) is 6.08 Å². The molecule has 0 fully saturated rings. The lowest BCUT2D eigenvalue weighted by molar-refractivity contribution is -0.135. The number of fused-ring (bicyclic) bond motifs is 1. The van der Waals surface area contributed by atoms with E-state index in [2.05, 4.69) is 5.32 Å². The molecule has 1 aliphatic rings. The number of carbonyl (C=O) groups excluding carboxylic acids is 2. The zero-order valence-corrected chi connectivity index (χ0v) is 17.8. The number of nitrogens with one attached hydrogen (secondary N) is 1. The van der Waals surface area contributed by atoms with Crippen LogP contribution in [0.5, 0.6) is 0 Å². The SMILES string of the molecule is CC(C)C(=O)N1CCc2oc(-c3cccc(NC(=O)C=Cc4ccccc4)c3)cc2C1. The van der Waals surface area contributed by atoms with Gasteiger partial charge in [0.2, 0.25) is 11.8 Å². The number of anilines is 1. The van der Waals surface area contributed by atoms with Gasteiger partial charge in [-0.1, -0.05) is 56.3 Å². The number of benzene rings is 2. The summed E-state index contributed by atoms with van der Waals surface area (Å²) in [7, 11) is 0. The Labute approximate surface area is 182 Å². The van der Waals surface area contributed by atoms with Crippen LogP contribution < -0.4 is 5.32 Å². The Morgan fingerprint density at radius 1 is 1.06 bits per heavy atom. The van der Waals surface area contributed by atoms with E-state index < -0.39 is 0 Å². The zero-order chi connectivity index (χ0) is 21.8. The average Bonchev–Trinajstić information content (AvgIpc) is 3.21. The summed E-state index contributed by atoms with van der Waals surface area (Å²) in [5, 5.41) is 2.90. The fourth-order valence-corrected chi connectivity index (χ4v) is 3.70. The van der Waals surface area contributed by atoms with Crippen molar-refractivity contribution in [2.24, 2.45) is 5.92 Å². The fourth-order valence-electron chi connectivity index (χ4n) is 3.70. The molecule has 1 aliphatic heterocycles.